The van der Waals surface area contributed by atoms with Crippen LogP contribution in [-0.4, -0.2) is 82.2 Å². The molecule has 0 bridgehead atoms. The van der Waals surface area contributed by atoms with Crippen LogP contribution in [0.3, 0.4) is 0 Å². The molecule has 0 atom stereocenters. The van der Waals surface area contributed by atoms with E-state index < -0.39 is 18.2 Å². The Bertz CT molecular complexity index is 1200. The Balaban J connectivity index is 0.000000248. The minimum Gasteiger partial charge on any atom is -0.444 e. The van der Waals surface area contributed by atoms with Crippen LogP contribution in [0.15, 0.2) is 12.1 Å². The van der Waals surface area contributed by atoms with E-state index in [2.05, 4.69) is 33.1 Å². The maximum atomic E-state index is 12.3. The average Bonchev–Trinajstić information content (AvgIpc) is 2.98. The first-order valence-corrected chi connectivity index (χ1v) is 14.8. The van der Waals surface area contributed by atoms with Crippen LogP contribution in [0, 0.1) is 0 Å². The van der Waals surface area contributed by atoms with Gasteiger partial charge in [-0.1, -0.05) is 0 Å². The third-order valence-electron chi connectivity index (χ3n) is 7.04. The first-order chi connectivity index (χ1) is 20.5. The summed E-state index contributed by atoms with van der Waals surface area (Å²) in [5, 5.41) is 9.81. The highest BCUT2D eigenvalue weighted by molar-refractivity contribution is 5.68. The van der Waals surface area contributed by atoms with Crippen molar-refractivity contribution >= 4 is 17.7 Å². The van der Waals surface area contributed by atoms with Crippen LogP contribution in [-0.2, 0) is 49.6 Å². The van der Waals surface area contributed by atoms with Gasteiger partial charge in [-0.15, -0.1) is 0 Å². The molecule has 2 aromatic heterocycles. The van der Waals surface area contributed by atoms with Crippen molar-refractivity contribution in [3.63, 3.8) is 0 Å². The van der Waals surface area contributed by atoms with Gasteiger partial charge in [0.25, 0.3) is 0 Å². The van der Waals surface area contributed by atoms with Crippen LogP contribution < -0.4 is 16.0 Å². The van der Waals surface area contributed by atoms with E-state index in [0.29, 0.717) is 12.2 Å². The Morgan fingerprint density at radius 3 is 1.79 bits per heavy atom. The molecule has 4 heterocycles. The normalized spacial score (nSPS) is 14.2. The van der Waals surface area contributed by atoms with Crippen molar-refractivity contribution < 1.29 is 28.5 Å². The quantitative estimate of drug-likeness (QED) is 0.331. The molecular formula is C31H50N6O6. The number of methoxy groups -OCH3 is 4. The minimum atomic E-state index is -0.587. The number of hydrogen-bond acceptors (Lipinski definition) is 11. The lowest BCUT2D eigenvalue weighted by molar-refractivity contribution is -0.109. The predicted molar refractivity (Wildman–Crippen MR) is 166 cm³/mol. The number of aryl methyl sites for hydroxylation is 2. The van der Waals surface area contributed by atoms with Gasteiger partial charge in [-0.3, -0.25) is 0 Å². The molecule has 2 aromatic rings. The van der Waals surface area contributed by atoms with Crippen molar-refractivity contribution in [3.8, 4) is 0 Å². The molecule has 3 N–H and O–H groups in total. The fourth-order valence-corrected chi connectivity index (χ4v) is 5.06. The zero-order chi connectivity index (χ0) is 31.6. The second kappa shape index (κ2) is 16.2. The molecular weight excluding hydrogens is 552 g/mol. The molecule has 0 spiro atoms. The molecule has 4 rings (SSSR count). The summed E-state index contributed by atoms with van der Waals surface area (Å²) in [7, 11) is 10.0. The number of hydrogen-bond donors (Lipinski definition) is 3. The minimum absolute atomic E-state index is 0.369. The molecule has 12 heteroatoms. The van der Waals surface area contributed by atoms with E-state index in [1.54, 1.807) is 35.5 Å². The molecule has 0 saturated heterocycles. The molecule has 0 fully saturated rings. The first-order valence-electron chi connectivity index (χ1n) is 14.8. The van der Waals surface area contributed by atoms with E-state index in [0.717, 1.165) is 79.3 Å². The van der Waals surface area contributed by atoms with Crippen LogP contribution in [0.25, 0.3) is 0 Å². The Labute approximate surface area is 256 Å². The number of pyridine rings is 2. The van der Waals surface area contributed by atoms with Crippen molar-refractivity contribution in [2.24, 2.45) is 0 Å². The van der Waals surface area contributed by atoms with Gasteiger partial charge >= 0.3 is 6.09 Å². The Hall–Kier alpha value is -3.03. The van der Waals surface area contributed by atoms with Gasteiger partial charge in [0, 0.05) is 55.1 Å². The number of nitrogens with zero attached hydrogens (tertiary/aromatic N) is 3. The fourth-order valence-electron chi connectivity index (χ4n) is 5.06. The summed E-state index contributed by atoms with van der Waals surface area (Å²) in [6.45, 7) is 8.57. The Morgan fingerprint density at radius 1 is 0.884 bits per heavy atom. The van der Waals surface area contributed by atoms with Gasteiger partial charge in [0.05, 0.1) is 6.54 Å². The number of amides is 1. The van der Waals surface area contributed by atoms with E-state index in [1.165, 1.54) is 10.5 Å². The third kappa shape index (κ3) is 9.48. The Morgan fingerprint density at radius 2 is 1.35 bits per heavy atom. The van der Waals surface area contributed by atoms with Gasteiger partial charge in [0.15, 0.2) is 0 Å². The molecule has 0 radical (unpaired) electrons. The molecule has 2 aliphatic rings. The number of aromatic nitrogens is 2. The lowest BCUT2D eigenvalue weighted by Gasteiger charge is -2.27. The van der Waals surface area contributed by atoms with E-state index in [4.69, 9.17) is 28.7 Å². The molecule has 43 heavy (non-hydrogen) atoms. The van der Waals surface area contributed by atoms with Gasteiger partial charge < -0.3 is 44.5 Å². The number of ether oxygens (including phenoxy) is 5. The smallest absolute Gasteiger partial charge is 0.410 e. The van der Waals surface area contributed by atoms with Crippen molar-refractivity contribution in [1.29, 1.82) is 0 Å². The lowest BCUT2D eigenvalue weighted by Crippen LogP contribution is -2.34. The molecule has 1 amide bonds. The highest BCUT2D eigenvalue weighted by atomic mass is 16.7. The summed E-state index contributed by atoms with van der Waals surface area (Å²) < 4.78 is 26.9. The number of carbonyl (C=O) groups excluding carboxylic acids is 1. The summed E-state index contributed by atoms with van der Waals surface area (Å²) in [5.74, 6) is 1.83. The molecule has 0 aliphatic carbocycles. The highest BCUT2D eigenvalue weighted by Gasteiger charge is 2.25. The van der Waals surface area contributed by atoms with Crippen LogP contribution >= 0.6 is 0 Å². The molecule has 0 aromatic carbocycles. The summed E-state index contributed by atoms with van der Waals surface area (Å²) in [6.07, 6.45) is 2.89. The average molecular weight is 603 g/mol. The van der Waals surface area contributed by atoms with Crippen molar-refractivity contribution in [3.05, 3.63) is 45.8 Å². The van der Waals surface area contributed by atoms with E-state index in [-0.39, 0.29) is 6.09 Å². The van der Waals surface area contributed by atoms with Gasteiger partial charge in [-0.2, -0.15) is 0 Å². The van der Waals surface area contributed by atoms with Crippen molar-refractivity contribution in [2.45, 2.75) is 77.7 Å². The summed E-state index contributed by atoms with van der Waals surface area (Å²) in [6, 6.07) is 4.28. The predicted octanol–water partition coefficient (Wildman–Crippen LogP) is 4.55. The standard InChI is InChI=1S/C18H29N3O4.C13H21N3O2/c1-18(2,3)25-17(22)21(4)11-13-10-12-8-7-9-19-15(12)20-14(13)16(23-5)24-6;1-14-8-10-7-9-5-4-6-15-12(9)16-11(10)13(17-2)18-3/h10,16H,7-9,11H2,1-6H3,(H,19,20);7,13-14H,4-6,8H2,1-3H3,(H,15,16). The van der Waals surface area contributed by atoms with Crippen LogP contribution in [0.2, 0.25) is 0 Å². The summed E-state index contributed by atoms with van der Waals surface area (Å²) >= 11 is 0. The second-order valence-electron chi connectivity index (χ2n) is 11.6. The molecule has 0 saturated carbocycles. The zero-order valence-corrected chi connectivity index (χ0v) is 27.3. The number of carbonyl (C=O) groups is 1. The number of anilines is 2. The SMILES string of the molecule is CNCc1cc2c(nc1C(OC)OC)NCCC2.COC(OC)c1nc2c(cc1CN(C)C(=O)OC(C)(C)C)CCCN2. The maximum absolute atomic E-state index is 12.3. The lowest BCUT2D eigenvalue weighted by atomic mass is 10.0. The number of nitrogens with one attached hydrogen (secondary N) is 3. The van der Waals surface area contributed by atoms with Crippen LogP contribution in [0.1, 0.15) is 79.8 Å². The number of fused-ring (bicyclic) bond motifs is 2. The maximum Gasteiger partial charge on any atom is 0.410 e. The molecule has 12 nitrogen and oxygen atoms in total. The molecule has 2 aliphatic heterocycles. The van der Waals surface area contributed by atoms with Gasteiger partial charge in [0.2, 0.25) is 12.6 Å². The summed E-state index contributed by atoms with van der Waals surface area (Å²) in [4.78, 5) is 23.2. The van der Waals surface area contributed by atoms with Crippen LogP contribution in [0.5, 0.6) is 0 Å². The van der Waals surface area contributed by atoms with Crippen LogP contribution in [0.4, 0.5) is 16.4 Å². The van der Waals surface area contributed by atoms with Crippen molar-refractivity contribution in [1.82, 2.24) is 20.2 Å². The highest BCUT2D eigenvalue weighted by Crippen LogP contribution is 2.29. The van der Waals surface area contributed by atoms with Crippen molar-refractivity contribution in [2.75, 3.05) is 66.3 Å². The van der Waals surface area contributed by atoms with Gasteiger partial charge in [-0.05, 0) is 87.9 Å². The zero-order valence-electron chi connectivity index (χ0n) is 27.3. The Kier molecular flexibility index (Phi) is 12.9. The second-order valence-corrected chi connectivity index (χ2v) is 11.6. The topological polar surface area (TPSA) is 128 Å². The van der Waals surface area contributed by atoms with Gasteiger partial charge in [-0.25, -0.2) is 14.8 Å². The summed E-state index contributed by atoms with van der Waals surface area (Å²) in [5.41, 5.74) is 5.44. The molecule has 240 valence electrons. The number of rotatable bonds is 10. The van der Waals surface area contributed by atoms with E-state index in [9.17, 15) is 4.79 Å². The molecule has 0 unspecified atom stereocenters. The largest absolute Gasteiger partial charge is 0.444 e. The van der Waals surface area contributed by atoms with Gasteiger partial charge in [0.1, 0.15) is 28.6 Å². The van der Waals surface area contributed by atoms with E-state index in [1.807, 2.05) is 27.8 Å². The first kappa shape index (κ1) is 34.5. The monoisotopic (exact) mass is 602 g/mol. The fraction of sp³-hybridized carbons (Fsp3) is 0.645. The van der Waals surface area contributed by atoms with E-state index >= 15 is 0 Å². The third-order valence-corrected chi connectivity index (χ3v) is 7.04.